The van der Waals surface area contributed by atoms with E-state index in [1.54, 1.807) is 17.1 Å². The van der Waals surface area contributed by atoms with E-state index in [0.717, 1.165) is 32.7 Å². The summed E-state index contributed by atoms with van der Waals surface area (Å²) in [5.74, 6) is 0. The summed E-state index contributed by atoms with van der Waals surface area (Å²) >= 11 is 1.49. The molecule has 0 atom stereocenters. The number of pyridine rings is 1. The van der Waals surface area contributed by atoms with Gasteiger partial charge in [-0.05, 0) is 31.2 Å². The highest BCUT2D eigenvalue weighted by Crippen LogP contribution is 2.36. The number of hydrogen-bond donors (Lipinski definition) is 0. The first kappa shape index (κ1) is 14.8. The van der Waals surface area contributed by atoms with Crippen LogP contribution in [-0.4, -0.2) is 28.6 Å². The number of aryl methyl sites for hydroxylation is 1. The standard InChI is InChI=1S/C18H16N4OS/c1-11-7-8-12(9-19-11)22-10-20-16-15-13(21(2)3)5-4-6-14(15)24-17(16)18(22)23/h4-10H,1-3H3. The summed E-state index contributed by atoms with van der Waals surface area (Å²) in [5, 5.41) is 1.04. The van der Waals surface area contributed by atoms with E-state index in [1.165, 1.54) is 11.3 Å². The maximum Gasteiger partial charge on any atom is 0.275 e. The zero-order valence-corrected chi connectivity index (χ0v) is 14.5. The van der Waals surface area contributed by atoms with E-state index in [9.17, 15) is 4.79 Å². The number of fused-ring (bicyclic) bond motifs is 3. The van der Waals surface area contributed by atoms with Crippen LogP contribution >= 0.6 is 11.3 Å². The number of thiophene rings is 1. The van der Waals surface area contributed by atoms with Gasteiger partial charge in [0.15, 0.2) is 0 Å². The normalized spacial score (nSPS) is 11.3. The van der Waals surface area contributed by atoms with E-state index in [0.29, 0.717) is 4.70 Å². The van der Waals surface area contributed by atoms with Crippen LogP contribution < -0.4 is 10.5 Å². The van der Waals surface area contributed by atoms with Gasteiger partial charge in [-0.1, -0.05) is 6.07 Å². The Morgan fingerprint density at radius 2 is 1.96 bits per heavy atom. The highest BCUT2D eigenvalue weighted by Gasteiger charge is 2.15. The van der Waals surface area contributed by atoms with Crippen molar-refractivity contribution in [2.45, 2.75) is 6.92 Å². The van der Waals surface area contributed by atoms with Crippen molar-refractivity contribution < 1.29 is 0 Å². The van der Waals surface area contributed by atoms with Crippen molar-refractivity contribution in [2.24, 2.45) is 0 Å². The molecule has 24 heavy (non-hydrogen) atoms. The minimum absolute atomic E-state index is 0.0587. The molecule has 3 heterocycles. The molecule has 4 aromatic rings. The summed E-state index contributed by atoms with van der Waals surface area (Å²) in [7, 11) is 3.99. The molecule has 0 unspecified atom stereocenters. The van der Waals surface area contributed by atoms with Crippen molar-refractivity contribution >= 4 is 37.3 Å². The molecule has 0 aliphatic heterocycles. The van der Waals surface area contributed by atoms with E-state index in [-0.39, 0.29) is 5.56 Å². The number of rotatable bonds is 2. The molecule has 3 aromatic heterocycles. The van der Waals surface area contributed by atoms with E-state index in [2.05, 4.69) is 9.97 Å². The highest BCUT2D eigenvalue weighted by molar-refractivity contribution is 7.25. The fraction of sp³-hybridized carbons (Fsp3) is 0.167. The number of benzene rings is 1. The first-order valence-electron chi connectivity index (χ1n) is 7.59. The van der Waals surface area contributed by atoms with Crippen LogP contribution in [0.25, 0.3) is 26.0 Å². The molecular formula is C18H16N4OS. The Hall–Kier alpha value is -2.73. The smallest absolute Gasteiger partial charge is 0.275 e. The van der Waals surface area contributed by atoms with E-state index >= 15 is 0 Å². The van der Waals surface area contributed by atoms with Gasteiger partial charge in [-0.3, -0.25) is 14.3 Å². The van der Waals surface area contributed by atoms with Crippen LogP contribution in [0, 0.1) is 6.92 Å². The Bertz CT molecular complexity index is 1110. The molecular weight excluding hydrogens is 320 g/mol. The molecule has 4 rings (SSSR count). The molecule has 0 N–H and O–H groups in total. The molecule has 0 radical (unpaired) electrons. The fourth-order valence-corrected chi connectivity index (χ4v) is 3.93. The molecule has 5 nitrogen and oxygen atoms in total. The van der Waals surface area contributed by atoms with Crippen molar-refractivity contribution in [2.75, 3.05) is 19.0 Å². The number of hydrogen-bond acceptors (Lipinski definition) is 5. The van der Waals surface area contributed by atoms with Crippen molar-refractivity contribution in [1.82, 2.24) is 14.5 Å². The maximum absolute atomic E-state index is 13.0. The molecule has 1 aromatic carbocycles. The first-order valence-corrected chi connectivity index (χ1v) is 8.41. The second-order valence-corrected chi connectivity index (χ2v) is 6.95. The topological polar surface area (TPSA) is 51.0 Å². The Morgan fingerprint density at radius 1 is 1.12 bits per heavy atom. The van der Waals surface area contributed by atoms with Crippen molar-refractivity contribution in [1.29, 1.82) is 0 Å². The van der Waals surface area contributed by atoms with Gasteiger partial charge >= 0.3 is 0 Å². The van der Waals surface area contributed by atoms with Gasteiger partial charge < -0.3 is 4.90 Å². The van der Waals surface area contributed by atoms with Gasteiger partial charge in [0.25, 0.3) is 5.56 Å². The molecule has 0 saturated heterocycles. The molecule has 6 heteroatoms. The molecule has 0 amide bonds. The average Bonchev–Trinajstić information content (AvgIpc) is 2.96. The molecule has 0 spiro atoms. The maximum atomic E-state index is 13.0. The van der Waals surface area contributed by atoms with Gasteiger partial charge in [-0.15, -0.1) is 11.3 Å². The van der Waals surface area contributed by atoms with Gasteiger partial charge in [-0.25, -0.2) is 4.98 Å². The van der Waals surface area contributed by atoms with Gasteiger partial charge in [0.05, 0.1) is 17.4 Å². The van der Waals surface area contributed by atoms with Gasteiger partial charge in [0.2, 0.25) is 0 Å². The Labute approximate surface area is 142 Å². The van der Waals surface area contributed by atoms with Crippen LogP contribution in [0.3, 0.4) is 0 Å². The van der Waals surface area contributed by atoms with Crippen LogP contribution in [0.5, 0.6) is 0 Å². The van der Waals surface area contributed by atoms with E-state index in [4.69, 9.17) is 0 Å². The molecule has 0 fully saturated rings. The van der Waals surface area contributed by atoms with Crippen molar-refractivity contribution in [3.05, 3.63) is 58.9 Å². The average molecular weight is 336 g/mol. The summed E-state index contributed by atoms with van der Waals surface area (Å²) in [4.78, 5) is 23.9. The Morgan fingerprint density at radius 3 is 2.67 bits per heavy atom. The van der Waals surface area contributed by atoms with Crippen LogP contribution in [0.15, 0.2) is 47.7 Å². The molecule has 0 saturated carbocycles. The summed E-state index contributed by atoms with van der Waals surface area (Å²) in [5.41, 5.74) is 3.42. The number of aromatic nitrogens is 3. The highest BCUT2D eigenvalue weighted by atomic mass is 32.1. The lowest BCUT2D eigenvalue weighted by atomic mass is 10.2. The van der Waals surface area contributed by atoms with Crippen LogP contribution in [0.1, 0.15) is 5.69 Å². The summed E-state index contributed by atoms with van der Waals surface area (Å²) < 4.78 is 3.29. The van der Waals surface area contributed by atoms with Gasteiger partial charge in [0, 0.05) is 35.6 Å². The predicted molar refractivity (Wildman–Crippen MR) is 99.6 cm³/mol. The predicted octanol–water partition coefficient (Wildman–Crippen LogP) is 3.37. The quantitative estimate of drug-likeness (QED) is 0.563. The van der Waals surface area contributed by atoms with E-state index < -0.39 is 0 Å². The van der Waals surface area contributed by atoms with Crippen LogP contribution in [0.2, 0.25) is 0 Å². The van der Waals surface area contributed by atoms with Crippen molar-refractivity contribution in [3.8, 4) is 5.69 Å². The van der Waals surface area contributed by atoms with Crippen molar-refractivity contribution in [3.63, 3.8) is 0 Å². The SMILES string of the molecule is Cc1ccc(-n2cnc3c(sc4cccc(N(C)C)c43)c2=O)cn1. The largest absolute Gasteiger partial charge is 0.377 e. The zero-order valence-electron chi connectivity index (χ0n) is 13.6. The molecule has 120 valence electrons. The summed E-state index contributed by atoms with van der Waals surface area (Å²) in [6, 6.07) is 9.86. The lowest BCUT2D eigenvalue weighted by molar-refractivity contribution is 0.953. The minimum atomic E-state index is -0.0587. The second-order valence-electron chi connectivity index (χ2n) is 5.90. The number of nitrogens with zero attached hydrogens (tertiary/aromatic N) is 4. The number of anilines is 1. The third-order valence-electron chi connectivity index (χ3n) is 4.04. The Kier molecular flexibility index (Phi) is 3.35. The minimum Gasteiger partial charge on any atom is -0.377 e. The third-order valence-corrected chi connectivity index (χ3v) is 5.17. The Balaban J connectivity index is 2.04. The lowest BCUT2D eigenvalue weighted by Crippen LogP contribution is -2.18. The molecule has 0 bridgehead atoms. The van der Waals surface area contributed by atoms with Gasteiger partial charge in [0.1, 0.15) is 11.0 Å². The van der Waals surface area contributed by atoms with Crippen LogP contribution in [0.4, 0.5) is 5.69 Å². The summed E-state index contributed by atoms with van der Waals surface area (Å²) in [6.07, 6.45) is 3.29. The third kappa shape index (κ3) is 2.18. The first-order chi connectivity index (χ1) is 11.6. The monoisotopic (exact) mass is 336 g/mol. The zero-order chi connectivity index (χ0) is 16.8. The molecule has 0 aliphatic carbocycles. The lowest BCUT2D eigenvalue weighted by Gasteiger charge is -2.13. The summed E-state index contributed by atoms with van der Waals surface area (Å²) in [6.45, 7) is 1.92. The van der Waals surface area contributed by atoms with E-state index in [1.807, 2.05) is 56.3 Å². The molecule has 0 aliphatic rings. The fourth-order valence-electron chi connectivity index (χ4n) is 2.82. The van der Waals surface area contributed by atoms with Crippen LogP contribution in [-0.2, 0) is 0 Å². The van der Waals surface area contributed by atoms with Gasteiger partial charge in [-0.2, -0.15) is 0 Å². The second kappa shape index (κ2) is 5.42.